The zero-order valence-corrected chi connectivity index (χ0v) is 29.8. The number of thiophene rings is 1. The maximum absolute atomic E-state index is 17.6. The Bertz CT molecular complexity index is 2140. The highest BCUT2D eigenvalue weighted by molar-refractivity contribution is 7.23. The van der Waals surface area contributed by atoms with Crippen LogP contribution in [0, 0.1) is 23.0 Å². The molecule has 5 saturated heterocycles. The number of ether oxygens (including phenoxy) is 4. The van der Waals surface area contributed by atoms with E-state index in [1.807, 2.05) is 0 Å². The first-order chi connectivity index (χ1) is 25.4. The standard InChI is InChI=1S/C37H40F2N8O4S/c1-48-22-9-37(6-2-7-46(37)15-22)18-51-36-43-32-29(35(44-36)47-19-3-4-20(47)13-45(12-19)14-21-5-8-50-21)25-17-49-16-24(25)27(30(32)39)31-28-23(10-40)34(41)52-33(28)26(38)11-42-31/h11,19-22H,2-9,12-18,41H2,1H3/t19?,20?,21-,22-,37+/m1/s1. The number of methoxy groups -OCH3 is 1. The van der Waals surface area contributed by atoms with Crippen LogP contribution in [0.3, 0.4) is 0 Å². The van der Waals surface area contributed by atoms with Crippen LogP contribution in [-0.4, -0.2) is 108 Å². The Morgan fingerprint density at radius 3 is 2.67 bits per heavy atom. The number of rotatable bonds is 8. The topological polar surface area (TPSA) is 135 Å². The molecule has 10 rings (SSSR count). The number of nitrogens with two attached hydrogens (primary N) is 1. The first kappa shape index (κ1) is 32.8. The lowest BCUT2D eigenvalue weighted by Gasteiger charge is -2.44. The summed E-state index contributed by atoms with van der Waals surface area (Å²) in [4.78, 5) is 21.7. The van der Waals surface area contributed by atoms with Crippen LogP contribution in [0.25, 0.3) is 32.2 Å². The molecule has 0 radical (unpaired) electrons. The van der Waals surface area contributed by atoms with Gasteiger partial charge in [0.1, 0.15) is 29.0 Å². The van der Waals surface area contributed by atoms with E-state index in [4.69, 9.17) is 34.6 Å². The van der Waals surface area contributed by atoms with Gasteiger partial charge in [-0.1, -0.05) is 0 Å². The molecule has 5 atom stereocenters. The second-order valence-corrected chi connectivity index (χ2v) is 16.3. The molecule has 4 aromatic rings. The zero-order chi connectivity index (χ0) is 35.3. The van der Waals surface area contributed by atoms with Crippen molar-refractivity contribution in [2.45, 2.75) is 81.6 Å². The fourth-order valence-corrected chi connectivity index (χ4v) is 10.8. The van der Waals surface area contributed by atoms with Gasteiger partial charge in [0.05, 0.1) is 58.5 Å². The SMILES string of the molecule is CO[C@H]1CN2CCC[C@@]2(COc2nc(N3C4CCC3CN(C[C@H]3CCO3)C4)c3c4c(c(-c5ncc(F)c6sc(N)c(C#N)c56)c(F)c3n2)COC4)C1. The lowest BCUT2D eigenvalue weighted by atomic mass is 9.93. The molecule has 52 heavy (non-hydrogen) atoms. The molecule has 0 saturated carbocycles. The van der Waals surface area contributed by atoms with Crippen molar-refractivity contribution in [3.63, 3.8) is 0 Å². The number of nitriles is 1. The maximum atomic E-state index is 17.6. The Kier molecular flexibility index (Phi) is 7.83. The summed E-state index contributed by atoms with van der Waals surface area (Å²) in [7, 11) is 1.75. The van der Waals surface area contributed by atoms with Gasteiger partial charge < -0.3 is 29.6 Å². The minimum absolute atomic E-state index is 0.0783. The van der Waals surface area contributed by atoms with Gasteiger partial charge in [0, 0.05) is 62.9 Å². The first-order valence-electron chi connectivity index (χ1n) is 18.3. The molecule has 0 aliphatic carbocycles. The Morgan fingerprint density at radius 2 is 1.92 bits per heavy atom. The third kappa shape index (κ3) is 4.95. The highest BCUT2D eigenvalue weighted by atomic mass is 32.1. The second kappa shape index (κ2) is 12.4. The van der Waals surface area contributed by atoms with Crippen molar-refractivity contribution in [2.75, 3.05) is 63.7 Å². The molecule has 272 valence electrons. The van der Waals surface area contributed by atoms with Crippen molar-refractivity contribution in [2.24, 2.45) is 0 Å². The molecule has 0 spiro atoms. The summed E-state index contributed by atoms with van der Waals surface area (Å²) in [5, 5.41) is 11.0. The van der Waals surface area contributed by atoms with Crippen molar-refractivity contribution in [3.05, 3.63) is 34.5 Å². The molecule has 15 heteroatoms. The fourth-order valence-electron chi connectivity index (χ4n) is 9.90. The van der Waals surface area contributed by atoms with E-state index < -0.39 is 11.6 Å². The van der Waals surface area contributed by atoms with Crippen molar-refractivity contribution in [1.82, 2.24) is 24.8 Å². The molecular weight excluding hydrogens is 691 g/mol. The number of aromatic nitrogens is 3. The molecule has 5 fully saturated rings. The van der Waals surface area contributed by atoms with Crippen LogP contribution in [0.1, 0.15) is 55.2 Å². The minimum Gasteiger partial charge on any atom is -0.461 e. The van der Waals surface area contributed by atoms with Crippen LogP contribution < -0.4 is 15.4 Å². The number of pyridine rings is 1. The summed E-state index contributed by atoms with van der Waals surface area (Å²) >= 11 is 0.958. The summed E-state index contributed by atoms with van der Waals surface area (Å²) in [6, 6.07) is 2.57. The zero-order valence-electron chi connectivity index (χ0n) is 29.0. The van der Waals surface area contributed by atoms with E-state index in [0.717, 1.165) is 101 Å². The van der Waals surface area contributed by atoms with E-state index in [2.05, 4.69) is 25.8 Å². The minimum atomic E-state index is -0.629. The van der Waals surface area contributed by atoms with Crippen LogP contribution >= 0.6 is 11.3 Å². The number of anilines is 2. The molecule has 3 aromatic heterocycles. The van der Waals surface area contributed by atoms with E-state index in [9.17, 15) is 5.26 Å². The van der Waals surface area contributed by atoms with E-state index in [1.165, 1.54) is 0 Å². The first-order valence-corrected chi connectivity index (χ1v) is 19.1. The van der Waals surface area contributed by atoms with Gasteiger partial charge in [0.2, 0.25) is 0 Å². The van der Waals surface area contributed by atoms with Gasteiger partial charge in [-0.3, -0.25) is 14.8 Å². The van der Waals surface area contributed by atoms with Gasteiger partial charge in [0.15, 0.2) is 11.6 Å². The second-order valence-electron chi connectivity index (χ2n) is 15.2. The summed E-state index contributed by atoms with van der Waals surface area (Å²) in [5.41, 5.74) is 7.83. The van der Waals surface area contributed by atoms with Crippen LogP contribution in [0.2, 0.25) is 0 Å². The van der Waals surface area contributed by atoms with E-state index in [1.54, 1.807) is 7.11 Å². The number of hydrogen-bond donors (Lipinski definition) is 1. The molecular formula is C37H40F2N8O4S. The molecule has 6 aliphatic heterocycles. The highest BCUT2D eigenvalue weighted by Crippen LogP contribution is 2.48. The third-order valence-electron chi connectivity index (χ3n) is 12.4. The molecule has 12 nitrogen and oxygen atoms in total. The van der Waals surface area contributed by atoms with Gasteiger partial charge in [-0.25, -0.2) is 8.78 Å². The van der Waals surface area contributed by atoms with E-state index in [-0.39, 0.29) is 86.5 Å². The molecule has 2 unspecified atom stereocenters. The average molecular weight is 731 g/mol. The van der Waals surface area contributed by atoms with E-state index in [0.29, 0.717) is 23.4 Å². The number of piperazine rings is 1. The number of halogens is 2. The fraction of sp³-hybridized carbons (Fsp3) is 0.568. The van der Waals surface area contributed by atoms with Crippen LogP contribution in [0.15, 0.2) is 6.20 Å². The lowest BCUT2D eigenvalue weighted by Crippen LogP contribution is -2.56. The van der Waals surface area contributed by atoms with E-state index >= 15 is 8.78 Å². The molecule has 6 aliphatic rings. The number of fused-ring (bicyclic) bond motifs is 7. The largest absolute Gasteiger partial charge is 0.461 e. The van der Waals surface area contributed by atoms with Crippen molar-refractivity contribution >= 4 is 43.1 Å². The predicted molar refractivity (Wildman–Crippen MR) is 190 cm³/mol. The van der Waals surface area contributed by atoms with Crippen molar-refractivity contribution < 1.29 is 27.7 Å². The van der Waals surface area contributed by atoms with Gasteiger partial charge in [-0.05, 0) is 56.2 Å². The number of hydrogen-bond acceptors (Lipinski definition) is 13. The number of benzene rings is 1. The highest BCUT2D eigenvalue weighted by Gasteiger charge is 2.50. The number of nitrogens with zero attached hydrogens (tertiary/aromatic N) is 7. The Balaban J connectivity index is 1.13. The van der Waals surface area contributed by atoms with Crippen molar-refractivity contribution in [3.8, 4) is 23.3 Å². The summed E-state index contributed by atoms with van der Waals surface area (Å²) in [5.74, 6) is -0.584. The Morgan fingerprint density at radius 1 is 1.12 bits per heavy atom. The quantitative estimate of drug-likeness (QED) is 0.268. The van der Waals surface area contributed by atoms with Crippen LogP contribution in [0.4, 0.5) is 19.6 Å². The number of nitrogen functional groups attached to an aromatic ring is 1. The maximum Gasteiger partial charge on any atom is 0.319 e. The third-order valence-corrected chi connectivity index (χ3v) is 13.5. The van der Waals surface area contributed by atoms with Crippen molar-refractivity contribution in [1.29, 1.82) is 5.26 Å². The molecule has 2 N–H and O–H groups in total. The molecule has 9 heterocycles. The molecule has 0 amide bonds. The molecule has 1 aromatic carbocycles. The normalized spacial score (nSPS) is 28.5. The lowest BCUT2D eigenvalue weighted by molar-refractivity contribution is -0.0687. The van der Waals surface area contributed by atoms with Gasteiger partial charge >= 0.3 is 6.01 Å². The Hall–Kier alpha value is -3.78. The average Bonchev–Trinajstić information content (AvgIpc) is 3.94. The monoisotopic (exact) mass is 730 g/mol. The smallest absolute Gasteiger partial charge is 0.319 e. The Labute approximate surface area is 303 Å². The van der Waals surface area contributed by atoms with Gasteiger partial charge in [-0.15, -0.1) is 11.3 Å². The number of likely N-dealkylation sites (tertiary alicyclic amines) is 1. The predicted octanol–water partition coefficient (Wildman–Crippen LogP) is 4.74. The summed E-state index contributed by atoms with van der Waals surface area (Å²) in [6.45, 7) is 6.01. The summed E-state index contributed by atoms with van der Waals surface area (Å²) < 4.78 is 57.0. The summed E-state index contributed by atoms with van der Waals surface area (Å²) in [6.07, 6.45) is 7.46. The van der Waals surface area contributed by atoms with Crippen LogP contribution in [0.5, 0.6) is 6.01 Å². The van der Waals surface area contributed by atoms with Crippen LogP contribution in [-0.2, 0) is 27.4 Å². The van der Waals surface area contributed by atoms with Gasteiger partial charge in [-0.2, -0.15) is 15.2 Å². The molecule has 2 bridgehead atoms. The van der Waals surface area contributed by atoms with Gasteiger partial charge in [0.25, 0.3) is 0 Å².